The highest BCUT2D eigenvalue weighted by Crippen LogP contribution is 2.31. The Morgan fingerprint density at radius 2 is 2.14 bits per heavy atom. The molecule has 0 spiro atoms. The Morgan fingerprint density at radius 1 is 1.41 bits per heavy atom. The van der Waals surface area contributed by atoms with Crippen molar-refractivity contribution in [3.63, 3.8) is 0 Å². The molecule has 1 N–H and O–H groups in total. The van der Waals surface area contributed by atoms with Crippen molar-refractivity contribution in [3.05, 3.63) is 56.9 Å². The zero-order chi connectivity index (χ0) is 15.7. The Hall–Kier alpha value is -1.44. The molecule has 0 bridgehead atoms. The van der Waals surface area contributed by atoms with E-state index in [2.05, 4.69) is 32.5 Å². The lowest BCUT2D eigenvalue weighted by Crippen LogP contribution is -2.08. The van der Waals surface area contributed by atoms with Crippen molar-refractivity contribution in [2.75, 3.05) is 5.75 Å². The van der Waals surface area contributed by atoms with Gasteiger partial charge >= 0.3 is 0 Å². The van der Waals surface area contributed by atoms with Crippen molar-refractivity contribution in [1.29, 1.82) is 0 Å². The zero-order valence-corrected chi connectivity index (χ0v) is 14.4. The monoisotopic (exact) mass is 396 g/mol. The molecule has 0 amide bonds. The predicted octanol–water partition coefficient (Wildman–Crippen LogP) is 4.79. The quantitative estimate of drug-likeness (QED) is 0.509. The van der Waals surface area contributed by atoms with Gasteiger partial charge in [0.25, 0.3) is 5.56 Å². The second kappa shape index (κ2) is 6.36. The number of thiophene rings is 1. The molecule has 0 atom stereocenters. The smallest absolute Gasteiger partial charge is 0.260 e. The largest absolute Gasteiger partial charge is 0.301 e. The Balaban J connectivity index is 2.06. The summed E-state index contributed by atoms with van der Waals surface area (Å²) in [5.41, 5.74) is 1.39. The third-order valence-electron chi connectivity index (χ3n) is 2.94. The van der Waals surface area contributed by atoms with Crippen molar-refractivity contribution in [3.8, 4) is 11.1 Å². The van der Waals surface area contributed by atoms with Gasteiger partial charge in [-0.3, -0.25) is 4.79 Å². The molecular formula is C15H10BrFN2OS2. The SMILES string of the molecule is C=C(Br)CSc1nc2scc(-c3ccc(F)cc3)c2c(=O)[nH]1. The summed E-state index contributed by atoms with van der Waals surface area (Å²) in [7, 11) is 0. The first-order valence-corrected chi connectivity index (χ1v) is 8.94. The van der Waals surface area contributed by atoms with Crippen LogP contribution < -0.4 is 5.56 Å². The fraction of sp³-hybridized carbons (Fsp3) is 0.0667. The molecule has 2 heterocycles. The lowest BCUT2D eigenvalue weighted by atomic mass is 10.1. The molecule has 0 aliphatic carbocycles. The lowest BCUT2D eigenvalue weighted by Gasteiger charge is -2.01. The van der Waals surface area contributed by atoms with Gasteiger partial charge in [0.15, 0.2) is 5.16 Å². The predicted molar refractivity (Wildman–Crippen MR) is 94.4 cm³/mol. The summed E-state index contributed by atoms with van der Waals surface area (Å²) in [5, 5.41) is 2.97. The number of hydrogen-bond acceptors (Lipinski definition) is 4. The number of aromatic amines is 1. The Kier molecular flexibility index (Phi) is 4.46. The van der Waals surface area contributed by atoms with Gasteiger partial charge in [0.2, 0.25) is 0 Å². The van der Waals surface area contributed by atoms with Gasteiger partial charge in [0.05, 0.1) is 5.39 Å². The number of aromatic nitrogens is 2. The third kappa shape index (κ3) is 3.16. The first-order chi connectivity index (χ1) is 10.5. The van der Waals surface area contributed by atoms with Crippen LogP contribution in [0, 0.1) is 5.82 Å². The summed E-state index contributed by atoms with van der Waals surface area (Å²) in [5.74, 6) is 0.328. The number of hydrogen-bond donors (Lipinski definition) is 1. The normalized spacial score (nSPS) is 11.0. The van der Waals surface area contributed by atoms with Crippen molar-refractivity contribution in [2.45, 2.75) is 5.16 Å². The molecule has 0 unspecified atom stereocenters. The molecule has 3 aromatic rings. The molecule has 0 aliphatic rings. The van der Waals surface area contributed by atoms with Crippen LogP contribution in [0.4, 0.5) is 4.39 Å². The van der Waals surface area contributed by atoms with Gasteiger partial charge < -0.3 is 4.98 Å². The summed E-state index contributed by atoms with van der Waals surface area (Å²) >= 11 is 6.09. The molecule has 22 heavy (non-hydrogen) atoms. The maximum atomic E-state index is 13.0. The van der Waals surface area contributed by atoms with E-state index in [1.165, 1.54) is 35.2 Å². The van der Waals surface area contributed by atoms with Gasteiger partial charge in [-0.2, -0.15) is 0 Å². The minimum absolute atomic E-state index is 0.187. The molecule has 7 heteroatoms. The average Bonchev–Trinajstić information content (AvgIpc) is 2.90. The van der Waals surface area contributed by atoms with Crippen LogP contribution in [0.15, 0.2) is 50.7 Å². The first-order valence-electron chi connectivity index (χ1n) is 6.28. The maximum Gasteiger partial charge on any atom is 0.260 e. The van der Waals surface area contributed by atoms with E-state index in [0.717, 1.165) is 15.6 Å². The topological polar surface area (TPSA) is 45.8 Å². The van der Waals surface area contributed by atoms with Gasteiger partial charge in [-0.05, 0) is 22.2 Å². The molecule has 0 fully saturated rings. The van der Waals surface area contributed by atoms with Crippen molar-refractivity contribution >= 4 is 49.2 Å². The van der Waals surface area contributed by atoms with E-state index >= 15 is 0 Å². The number of nitrogens with one attached hydrogen (secondary N) is 1. The van der Waals surface area contributed by atoms with E-state index in [9.17, 15) is 9.18 Å². The summed E-state index contributed by atoms with van der Waals surface area (Å²) < 4.78 is 13.9. The maximum absolute atomic E-state index is 13.0. The highest BCUT2D eigenvalue weighted by atomic mass is 79.9. The molecule has 0 radical (unpaired) electrons. The van der Waals surface area contributed by atoms with Crippen LogP contribution in [0.3, 0.4) is 0 Å². The standard InChI is InChI=1S/C15H10BrFN2OS2/c1-8(16)6-22-15-18-13(20)12-11(7-21-14(12)19-15)9-2-4-10(17)5-3-9/h2-5,7H,1,6H2,(H,18,19,20). The number of halogens is 2. The zero-order valence-electron chi connectivity index (χ0n) is 11.2. The molecule has 0 aliphatic heterocycles. The number of thioether (sulfide) groups is 1. The van der Waals surface area contributed by atoms with E-state index in [1.807, 2.05) is 5.38 Å². The van der Waals surface area contributed by atoms with E-state index in [0.29, 0.717) is 21.1 Å². The van der Waals surface area contributed by atoms with Crippen molar-refractivity contribution in [1.82, 2.24) is 9.97 Å². The minimum Gasteiger partial charge on any atom is -0.301 e. The van der Waals surface area contributed by atoms with Crippen LogP contribution in [-0.4, -0.2) is 15.7 Å². The van der Waals surface area contributed by atoms with E-state index in [4.69, 9.17) is 0 Å². The van der Waals surface area contributed by atoms with Gasteiger partial charge in [-0.25, -0.2) is 9.37 Å². The number of rotatable bonds is 4. The fourth-order valence-corrected chi connectivity index (χ4v) is 3.95. The van der Waals surface area contributed by atoms with Crippen molar-refractivity contribution < 1.29 is 4.39 Å². The van der Waals surface area contributed by atoms with Gasteiger partial charge in [-0.1, -0.05) is 46.4 Å². The van der Waals surface area contributed by atoms with Crippen LogP contribution in [0.25, 0.3) is 21.3 Å². The molecule has 3 nitrogen and oxygen atoms in total. The summed E-state index contributed by atoms with van der Waals surface area (Å²) in [6.45, 7) is 3.75. The van der Waals surface area contributed by atoms with E-state index in [-0.39, 0.29) is 11.4 Å². The van der Waals surface area contributed by atoms with Crippen LogP contribution in [-0.2, 0) is 0 Å². The number of nitrogens with zero attached hydrogens (tertiary/aromatic N) is 1. The summed E-state index contributed by atoms with van der Waals surface area (Å²) in [6, 6.07) is 6.08. The molecular weight excluding hydrogens is 387 g/mol. The second-order valence-corrected chi connectivity index (χ2v) is 7.46. The lowest BCUT2D eigenvalue weighted by molar-refractivity contribution is 0.628. The minimum atomic E-state index is -0.302. The van der Waals surface area contributed by atoms with E-state index in [1.54, 1.807) is 12.1 Å². The Bertz CT molecular complexity index is 902. The summed E-state index contributed by atoms with van der Waals surface area (Å²) in [6.07, 6.45) is 0. The molecule has 3 rings (SSSR count). The molecule has 112 valence electrons. The summed E-state index contributed by atoms with van der Waals surface area (Å²) in [4.78, 5) is 20.3. The average molecular weight is 397 g/mol. The molecule has 1 aromatic carbocycles. The Morgan fingerprint density at radius 3 is 2.82 bits per heavy atom. The van der Waals surface area contributed by atoms with Crippen LogP contribution in [0.5, 0.6) is 0 Å². The van der Waals surface area contributed by atoms with E-state index < -0.39 is 0 Å². The van der Waals surface area contributed by atoms with Crippen LogP contribution >= 0.6 is 39.0 Å². The third-order valence-corrected chi connectivity index (χ3v) is 5.43. The molecule has 2 aromatic heterocycles. The van der Waals surface area contributed by atoms with Gasteiger partial charge in [0.1, 0.15) is 10.6 Å². The number of H-pyrrole nitrogens is 1. The van der Waals surface area contributed by atoms with Crippen LogP contribution in [0.2, 0.25) is 0 Å². The molecule has 0 saturated carbocycles. The fourth-order valence-electron chi connectivity index (χ4n) is 1.99. The van der Waals surface area contributed by atoms with Gasteiger partial charge in [-0.15, -0.1) is 11.3 Å². The first kappa shape index (κ1) is 15.5. The van der Waals surface area contributed by atoms with Crippen LogP contribution in [0.1, 0.15) is 0 Å². The highest BCUT2D eigenvalue weighted by molar-refractivity contribution is 9.11. The second-order valence-electron chi connectivity index (χ2n) is 4.51. The highest BCUT2D eigenvalue weighted by Gasteiger charge is 2.13. The number of fused-ring (bicyclic) bond motifs is 1. The van der Waals surface area contributed by atoms with Crippen molar-refractivity contribution in [2.24, 2.45) is 0 Å². The Labute approximate surface area is 142 Å². The van der Waals surface area contributed by atoms with Gasteiger partial charge in [0, 0.05) is 16.7 Å². The number of benzene rings is 1. The molecule has 0 saturated heterocycles.